The molecule has 2 aromatic rings. The average Bonchev–Trinajstić information content (AvgIpc) is 2.83. The van der Waals surface area contributed by atoms with Crippen molar-refractivity contribution in [3.63, 3.8) is 0 Å². The lowest BCUT2D eigenvalue weighted by Gasteiger charge is -2.22. The van der Waals surface area contributed by atoms with Gasteiger partial charge in [0.2, 0.25) is 0 Å². The normalized spacial score (nSPS) is 13.8. The minimum absolute atomic E-state index is 0.538. The Balaban J connectivity index is 2.15. The molecule has 0 spiro atoms. The summed E-state index contributed by atoms with van der Waals surface area (Å²) in [5, 5.41) is 13.5. The molecule has 0 bridgehead atoms. The van der Waals surface area contributed by atoms with Gasteiger partial charge >= 0.3 is 0 Å². The molecule has 0 fully saturated rings. The van der Waals surface area contributed by atoms with E-state index in [-0.39, 0.29) is 0 Å². The van der Waals surface area contributed by atoms with Crippen LogP contribution in [-0.2, 0) is 12.1 Å². The van der Waals surface area contributed by atoms with E-state index in [1.165, 1.54) is 0 Å². The first-order chi connectivity index (χ1) is 8.65. The molecule has 4 heteroatoms. The van der Waals surface area contributed by atoms with Crippen molar-refractivity contribution in [2.45, 2.75) is 25.4 Å². The fourth-order valence-electron chi connectivity index (χ4n) is 1.92. The molecule has 1 aromatic carbocycles. The third kappa shape index (κ3) is 2.41. The van der Waals surface area contributed by atoms with Gasteiger partial charge in [-0.15, -0.1) is 0 Å². The summed E-state index contributed by atoms with van der Waals surface area (Å²) in [5.74, 6) is 0. The molecule has 4 nitrogen and oxygen atoms in total. The van der Waals surface area contributed by atoms with Crippen LogP contribution in [0.3, 0.4) is 0 Å². The van der Waals surface area contributed by atoms with Gasteiger partial charge in [-0.1, -0.05) is 30.3 Å². The maximum Gasteiger partial charge on any atom is 0.131 e. The Hall–Kier alpha value is -2.12. The van der Waals surface area contributed by atoms with Gasteiger partial charge in [-0.05, 0) is 18.6 Å². The van der Waals surface area contributed by atoms with Crippen LogP contribution in [0.15, 0.2) is 42.6 Å². The minimum Gasteiger partial charge on any atom is -0.310 e. The fourth-order valence-corrected chi connectivity index (χ4v) is 1.92. The maximum atomic E-state index is 9.33. The number of aryl methyl sites for hydroxylation is 2. The quantitative estimate of drug-likeness (QED) is 0.888. The Morgan fingerprint density at radius 2 is 2.06 bits per heavy atom. The van der Waals surface area contributed by atoms with E-state index in [1.54, 1.807) is 6.20 Å². The second-order valence-corrected chi connectivity index (χ2v) is 4.39. The van der Waals surface area contributed by atoms with Crippen molar-refractivity contribution in [2.24, 2.45) is 5.73 Å². The molecule has 0 aliphatic heterocycles. The standard InChI is InChI=1S/C14H16N4/c1-12-7-9-17-18(12)10-8-14(16,11-15)13-5-3-2-4-6-13/h2-7,9H,8,10,16H2,1H3. The van der Waals surface area contributed by atoms with E-state index in [2.05, 4.69) is 11.2 Å². The molecule has 0 amide bonds. The third-order valence-electron chi connectivity index (χ3n) is 3.14. The van der Waals surface area contributed by atoms with Crippen molar-refractivity contribution in [3.8, 4) is 6.07 Å². The van der Waals surface area contributed by atoms with Crippen LogP contribution in [-0.4, -0.2) is 9.78 Å². The van der Waals surface area contributed by atoms with Gasteiger partial charge in [0.15, 0.2) is 0 Å². The molecule has 0 aliphatic rings. The highest BCUT2D eigenvalue weighted by Crippen LogP contribution is 2.22. The summed E-state index contributed by atoms with van der Waals surface area (Å²) in [6.07, 6.45) is 2.29. The monoisotopic (exact) mass is 240 g/mol. The number of hydrogen-bond acceptors (Lipinski definition) is 3. The van der Waals surface area contributed by atoms with Crippen LogP contribution in [0.5, 0.6) is 0 Å². The van der Waals surface area contributed by atoms with Crippen LogP contribution in [0.4, 0.5) is 0 Å². The molecule has 0 saturated carbocycles. The van der Waals surface area contributed by atoms with E-state index in [9.17, 15) is 5.26 Å². The van der Waals surface area contributed by atoms with Gasteiger partial charge in [0.05, 0.1) is 6.07 Å². The van der Waals surface area contributed by atoms with E-state index >= 15 is 0 Å². The Bertz CT molecular complexity index is 553. The van der Waals surface area contributed by atoms with Gasteiger partial charge in [0.25, 0.3) is 0 Å². The highest BCUT2D eigenvalue weighted by atomic mass is 15.3. The summed E-state index contributed by atoms with van der Waals surface area (Å²) in [4.78, 5) is 0. The van der Waals surface area contributed by atoms with Gasteiger partial charge < -0.3 is 5.73 Å². The molecule has 0 radical (unpaired) electrons. The SMILES string of the molecule is Cc1ccnn1CCC(N)(C#N)c1ccccc1. The second-order valence-electron chi connectivity index (χ2n) is 4.39. The Labute approximate surface area is 107 Å². The first kappa shape index (κ1) is 12.3. The molecule has 1 atom stereocenters. The summed E-state index contributed by atoms with van der Waals surface area (Å²) in [6, 6.07) is 13.6. The fraction of sp³-hybridized carbons (Fsp3) is 0.286. The van der Waals surface area contributed by atoms with Crippen molar-refractivity contribution in [1.82, 2.24) is 9.78 Å². The zero-order valence-corrected chi connectivity index (χ0v) is 10.4. The second kappa shape index (κ2) is 5.03. The molecule has 0 aliphatic carbocycles. The van der Waals surface area contributed by atoms with Gasteiger partial charge in [-0.3, -0.25) is 4.68 Å². The van der Waals surface area contributed by atoms with Crippen molar-refractivity contribution in [2.75, 3.05) is 0 Å². The molecule has 1 unspecified atom stereocenters. The van der Waals surface area contributed by atoms with E-state index in [0.717, 1.165) is 11.3 Å². The first-order valence-corrected chi connectivity index (χ1v) is 5.90. The van der Waals surface area contributed by atoms with Crippen LogP contribution >= 0.6 is 0 Å². The number of aromatic nitrogens is 2. The molecular weight excluding hydrogens is 224 g/mol. The van der Waals surface area contributed by atoms with Crippen LogP contribution < -0.4 is 5.73 Å². The number of nitriles is 1. The molecule has 2 rings (SSSR count). The van der Waals surface area contributed by atoms with Crippen molar-refractivity contribution < 1.29 is 0 Å². The lowest BCUT2D eigenvalue weighted by molar-refractivity contribution is 0.446. The third-order valence-corrected chi connectivity index (χ3v) is 3.14. The topological polar surface area (TPSA) is 67.6 Å². The maximum absolute atomic E-state index is 9.33. The molecule has 0 saturated heterocycles. The Morgan fingerprint density at radius 1 is 1.33 bits per heavy atom. The summed E-state index contributed by atoms with van der Waals surface area (Å²) < 4.78 is 1.86. The molecular formula is C14H16N4. The molecule has 2 N–H and O–H groups in total. The van der Waals surface area contributed by atoms with Crippen LogP contribution in [0.25, 0.3) is 0 Å². The van der Waals surface area contributed by atoms with E-state index < -0.39 is 5.54 Å². The average molecular weight is 240 g/mol. The van der Waals surface area contributed by atoms with E-state index in [4.69, 9.17) is 5.73 Å². The van der Waals surface area contributed by atoms with Crippen LogP contribution in [0.2, 0.25) is 0 Å². The van der Waals surface area contributed by atoms with Gasteiger partial charge in [-0.25, -0.2) is 0 Å². The predicted octanol–water partition coefficient (Wildman–Crippen LogP) is 1.96. The lowest BCUT2D eigenvalue weighted by Crippen LogP contribution is -2.36. The summed E-state index contributed by atoms with van der Waals surface area (Å²) in [5.41, 5.74) is 7.14. The molecule has 1 aromatic heterocycles. The van der Waals surface area contributed by atoms with E-state index in [0.29, 0.717) is 13.0 Å². The summed E-state index contributed by atoms with van der Waals surface area (Å²) in [6.45, 7) is 2.62. The van der Waals surface area contributed by atoms with Crippen LogP contribution in [0, 0.1) is 18.3 Å². The zero-order chi connectivity index (χ0) is 13.0. The van der Waals surface area contributed by atoms with Gasteiger partial charge in [-0.2, -0.15) is 10.4 Å². The number of rotatable bonds is 4. The van der Waals surface area contributed by atoms with Crippen molar-refractivity contribution in [3.05, 3.63) is 53.9 Å². The lowest BCUT2D eigenvalue weighted by atomic mass is 9.89. The van der Waals surface area contributed by atoms with Crippen molar-refractivity contribution >= 4 is 0 Å². The first-order valence-electron chi connectivity index (χ1n) is 5.90. The minimum atomic E-state index is -0.959. The smallest absolute Gasteiger partial charge is 0.131 e. The highest BCUT2D eigenvalue weighted by Gasteiger charge is 2.26. The number of benzene rings is 1. The zero-order valence-electron chi connectivity index (χ0n) is 10.4. The summed E-state index contributed by atoms with van der Waals surface area (Å²) >= 11 is 0. The number of nitrogens with zero attached hydrogens (tertiary/aromatic N) is 3. The Kier molecular flexibility index (Phi) is 3.45. The Morgan fingerprint density at radius 3 is 2.61 bits per heavy atom. The summed E-state index contributed by atoms with van der Waals surface area (Å²) in [7, 11) is 0. The van der Waals surface area contributed by atoms with Gasteiger partial charge in [0.1, 0.15) is 5.54 Å². The largest absolute Gasteiger partial charge is 0.310 e. The molecule has 92 valence electrons. The van der Waals surface area contributed by atoms with Gasteiger partial charge in [0, 0.05) is 24.9 Å². The van der Waals surface area contributed by atoms with Crippen LogP contribution in [0.1, 0.15) is 17.7 Å². The highest BCUT2D eigenvalue weighted by molar-refractivity contribution is 5.30. The molecule has 1 heterocycles. The number of hydrogen-bond donors (Lipinski definition) is 1. The molecule has 18 heavy (non-hydrogen) atoms. The number of nitrogens with two attached hydrogens (primary N) is 1. The predicted molar refractivity (Wildman–Crippen MR) is 69.5 cm³/mol. The van der Waals surface area contributed by atoms with Crippen molar-refractivity contribution in [1.29, 1.82) is 5.26 Å². The van der Waals surface area contributed by atoms with E-state index in [1.807, 2.05) is 48.0 Å².